The molecule has 0 radical (unpaired) electrons. The van der Waals surface area contributed by atoms with E-state index in [0.29, 0.717) is 16.7 Å². The third-order valence-electron chi connectivity index (χ3n) is 20.1. The number of rotatable bonds is 12. The van der Waals surface area contributed by atoms with Crippen LogP contribution >= 0.6 is 0 Å². The molecule has 8 rings (SSSR count). The lowest BCUT2D eigenvalue weighted by Crippen LogP contribution is -2.26. The van der Waals surface area contributed by atoms with Crippen molar-refractivity contribution in [1.29, 1.82) is 0 Å². The molecule has 76 heavy (non-hydrogen) atoms. The van der Waals surface area contributed by atoms with Gasteiger partial charge in [-0.2, -0.15) is 0 Å². The van der Waals surface area contributed by atoms with Gasteiger partial charge in [-0.3, -0.25) is 4.79 Å². The van der Waals surface area contributed by atoms with E-state index in [4.69, 9.17) is 4.74 Å². The molecule has 0 saturated heterocycles. The van der Waals surface area contributed by atoms with Crippen molar-refractivity contribution < 1.29 is 9.53 Å². The molecule has 5 aromatic rings. The van der Waals surface area contributed by atoms with Gasteiger partial charge in [0, 0.05) is 32.8 Å². The van der Waals surface area contributed by atoms with E-state index in [2.05, 4.69) is 206 Å². The van der Waals surface area contributed by atoms with Crippen LogP contribution in [0.5, 0.6) is 0 Å². The Balaban J connectivity index is 0.000000221. The summed E-state index contributed by atoms with van der Waals surface area (Å²) in [5.41, 5.74) is 19.3. The molecule has 404 valence electrons. The third-order valence-corrected chi connectivity index (χ3v) is 20.1. The Morgan fingerprint density at radius 2 is 0.947 bits per heavy atom. The van der Waals surface area contributed by atoms with Crippen molar-refractivity contribution in [1.82, 2.24) is 0 Å². The van der Waals surface area contributed by atoms with Gasteiger partial charge in [0.2, 0.25) is 0 Å². The van der Waals surface area contributed by atoms with E-state index in [0.717, 1.165) is 42.4 Å². The first kappa shape index (κ1) is 58.4. The lowest BCUT2D eigenvalue weighted by atomic mass is 9.69. The standard InChI is InChI=1S/C37H44O2.C37H52/c1-7-37(8-2,32-16-15-30(27(3)23-32)19-22-36(5)20-10-9-11-21-36)33-17-18-34(28(4)24-33)31-14-12-13-29(25-31)26-35(38)39-6;1-10-37(11-2,31-16-15-29(27(3)23-31)19-22-36(9)20-13-12-14-21-36)32-17-18-33(28(4)24-32)30-25-34(5,6)35(7,8)26-30/h12-18,23-25H,7-11,20-21,26H2,1-6H3;15-18,23-24,30H,10-14,20-21,25-26H2,1-9H3. The van der Waals surface area contributed by atoms with Crippen molar-refractivity contribution in [2.75, 3.05) is 7.11 Å². The second-order valence-electron chi connectivity index (χ2n) is 25.8. The molecule has 0 heterocycles. The Bertz CT molecular complexity index is 2930. The Kier molecular flexibility index (Phi) is 18.5. The summed E-state index contributed by atoms with van der Waals surface area (Å²) >= 11 is 0. The number of ether oxygens (including phenoxy) is 1. The normalized spacial score (nSPS) is 17.8. The van der Waals surface area contributed by atoms with E-state index in [1.165, 1.54) is 140 Å². The summed E-state index contributed by atoms with van der Waals surface area (Å²) < 4.78 is 4.86. The molecule has 0 aromatic heterocycles. The Morgan fingerprint density at radius 1 is 0.526 bits per heavy atom. The van der Waals surface area contributed by atoms with Crippen LogP contribution in [0.25, 0.3) is 11.1 Å². The summed E-state index contributed by atoms with van der Waals surface area (Å²) in [5.74, 6) is 14.9. The molecule has 3 fully saturated rings. The monoisotopic (exact) mass is 1020 g/mol. The first-order chi connectivity index (χ1) is 36.1. The minimum Gasteiger partial charge on any atom is -0.469 e. The predicted octanol–water partition coefficient (Wildman–Crippen LogP) is 19.8. The van der Waals surface area contributed by atoms with Crippen molar-refractivity contribution in [2.24, 2.45) is 21.7 Å². The molecular weight excluding hydrogens is 921 g/mol. The van der Waals surface area contributed by atoms with Crippen LogP contribution in [0.4, 0.5) is 0 Å². The first-order valence-electron chi connectivity index (χ1n) is 29.8. The van der Waals surface area contributed by atoms with Crippen LogP contribution in [0, 0.1) is 73.0 Å². The molecule has 2 heteroatoms. The highest BCUT2D eigenvalue weighted by molar-refractivity contribution is 5.75. The molecule has 0 aliphatic heterocycles. The largest absolute Gasteiger partial charge is 0.469 e. The minimum atomic E-state index is -0.217. The van der Waals surface area contributed by atoms with Gasteiger partial charge in [0.1, 0.15) is 0 Å². The molecule has 3 saturated carbocycles. The predicted molar refractivity (Wildman–Crippen MR) is 324 cm³/mol. The third kappa shape index (κ3) is 12.7. The average Bonchev–Trinajstić information content (AvgIpc) is 3.64. The topological polar surface area (TPSA) is 26.3 Å². The number of esters is 1. The molecule has 0 N–H and O–H groups in total. The summed E-state index contributed by atoms with van der Waals surface area (Å²) in [6, 6.07) is 36.6. The van der Waals surface area contributed by atoms with Gasteiger partial charge in [0.05, 0.1) is 13.5 Å². The summed E-state index contributed by atoms with van der Waals surface area (Å²) in [5, 5.41) is 0. The fourth-order valence-corrected chi connectivity index (χ4v) is 13.9. The van der Waals surface area contributed by atoms with Crippen LogP contribution < -0.4 is 0 Å². The molecule has 0 amide bonds. The van der Waals surface area contributed by atoms with Gasteiger partial charge < -0.3 is 4.74 Å². The zero-order chi connectivity index (χ0) is 55.1. The van der Waals surface area contributed by atoms with Gasteiger partial charge >= 0.3 is 5.97 Å². The summed E-state index contributed by atoms with van der Waals surface area (Å²) in [7, 11) is 1.43. The Morgan fingerprint density at radius 3 is 1.36 bits per heavy atom. The average molecular weight is 1020 g/mol. The van der Waals surface area contributed by atoms with E-state index in [1.54, 1.807) is 5.56 Å². The molecule has 3 aliphatic rings. The van der Waals surface area contributed by atoms with Gasteiger partial charge in [-0.1, -0.05) is 203 Å². The molecule has 0 atom stereocenters. The summed E-state index contributed by atoms with van der Waals surface area (Å²) in [6.45, 7) is 32.9. The highest BCUT2D eigenvalue weighted by Crippen LogP contribution is 2.58. The molecule has 0 bridgehead atoms. The zero-order valence-electron chi connectivity index (χ0n) is 50.2. The molecule has 3 aliphatic carbocycles. The van der Waals surface area contributed by atoms with Crippen molar-refractivity contribution >= 4 is 5.97 Å². The second-order valence-corrected chi connectivity index (χ2v) is 25.8. The summed E-state index contributed by atoms with van der Waals surface area (Å²) in [4.78, 5) is 11.8. The highest BCUT2D eigenvalue weighted by Gasteiger charge is 2.47. The van der Waals surface area contributed by atoms with Crippen LogP contribution in [-0.2, 0) is 26.8 Å². The first-order valence-corrected chi connectivity index (χ1v) is 29.8. The van der Waals surface area contributed by atoms with E-state index >= 15 is 0 Å². The second kappa shape index (κ2) is 24.1. The van der Waals surface area contributed by atoms with Gasteiger partial charge in [0.15, 0.2) is 0 Å². The van der Waals surface area contributed by atoms with Crippen LogP contribution in [0.3, 0.4) is 0 Å². The Labute approximate surface area is 463 Å². The van der Waals surface area contributed by atoms with Crippen LogP contribution in [-0.4, -0.2) is 13.1 Å². The minimum absolute atomic E-state index is 0.0452. The number of methoxy groups -OCH3 is 1. The zero-order valence-corrected chi connectivity index (χ0v) is 50.2. The van der Waals surface area contributed by atoms with Crippen molar-refractivity contribution in [3.05, 3.63) is 164 Å². The maximum atomic E-state index is 11.8. The van der Waals surface area contributed by atoms with Gasteiger partial charge in [-0.15, -0.1) is 0 Å². The van der Waals surface area contributed by atoms with Crippen molar-refractivity contribution in [2.45, 2.75) is 223 Å². The number of aryl methyl sites for hydroxylation is 4. The molecule has 0 spiro atoms. The van der Waals surface area contributed by atoms with Gasteiger partial charge in [-0.05, 0) is 201 Å². The molecule has 5 aromatic carbocycles. The van der Waals surface area contributed by atoms with Crippen molar-refractivity contribution in [3.8, 4) is 34.8 Å². The fourth-order valence-electron chi connectivity index (χ4n) is 13.9. The smallest absolute Gasteiger partial charge is 0.309 e. The van der Waals surface area contributed by atoms with Crippen LogP contribution in [0.1, 0.15) is 245 Å². The number of hydrogen-bond donors (Lipinski definition) is 0. The molecule has 2 nitrogen and oxygen atoms in total. The maximum absolute atomic E-state index is 11.8. The number of carbonyl (C=O) groups is 1. The highest BCUT2D eigenvalue weighted by atomic mass is 16.5. The van der Waals surface area contributed by atoms with E-state index < -0.39 is 0 Å². The SMILES string of the molecule is CCC(CC)(c1ccc(C#CC2(C)CCCCC2)c(C)c1)c1ccc(-c2cccc(CC(=O)OC)c2)c(C)c1.CCC(CC)(c1ccc(C#CC2(C)CCCCC2)c(C)c1)c1ccc(C2CC(C)(C)C(C)(C)C2)c(C)c1. The maximum Gasteiger partial charge on any atom is 0.309 e. The van der Waals surface area contributed by atoms with Gasteiger partial charge in [-0.25, -0.2) is 0 Å². The van der Waals surface area contributed by atoms with Gasteiger partial charge in [0.25, 0.3) is 0 Å². The number of carbonyl (C=O) groups excluding carboxylic acids is 1. The lowest BCUT2D eigenvalue weighted by molar-refractivity contribution is -0.139. The van der Waals surface area contributed by atoms with Crippen LogP contribution in [0.15, 0.2) is 97.1 Å². The summed E-state index contributed by atoms with van der Waals surface area (Å²) in [6.07, 6.45) is 20.0. The van der Waals surface area contributed by atoms with E-state index in [1.807, 2.05) is 12.1 Å². The van der Waals surface area contributed by atoms with Crippen molar-refractivity contribution in [3.63, 3.8) is 0 Å². The fraction of sp³-hybridized carbons (Fsp3) is 0.527. The van der Waals surface area contributed by atoms with E-state index in [-0.39, 0.29) is 34.1 Å². The molecular formula is C74H96O2. The lowest BCUT2D eigenvalue weighted by Gasteiger charge is -2.34. The molecule has 0 unspecified atom stereocenters. The Hall–Kier alpha value is -5.31. The van der Waals surface area contributed by atoms with E-state index in [9.17, 15) is 4.79 Å². The number of hydrogen-bond acceptors (Lipinski definition) is 2. The van der Waals surface area contributed by atoms with Crippen LogP contribution in [0.2, 0.25) is 0 Å². The number of benzene rings is 5. The quantitative estimate of drug-likeness (QED) is 0.0920.